The Morgan fingerprint density at radius 3 is 2.25 bits per heavy atom. The van der Waals surface area contributed by atoms with Crippen LogP contribution in [0.1, 0.15) is 20.8 Å². The van der Waals surface area contributed by atoms with Gasteiger partial charge in [-0.3, -0.25) is 0 Å². The van der Waals surface area contributed by atoms with Crippen LogP contribution >= 0.6 is 27.7 Å². The molecule has 0 saturated carbocycles. The second kappa shape index (κ2) is 3.84. The van der Waals surface area contributed by atoms with Crippen molar-refractivity contribution in [2.24, 2.45) is 0 Å². The third-order valence-electron chi connectivity index (χ3n) is 1.25. The molecule has 0 saturated heterocycles. The molecular formula is C10H13BrS. The molecule has 0 fully saturated rings. The number of benzene rings is 1. The average Bonchev–Trinajstić information content (AvgIpc) is 1.91. The van der Waals surface area contributed by atoms with E-state index in [1.165, 1.54) is 9.37 Å². The number of hydrogen-bond acceptors (Lipinski definition) is 1. The first kappa shape index (κ1) is 10.1. The lowest BCUT2D eigenvalue weighted by Gasteiger charge is -2.18. The van der Waals surface area contributed by atoms with E-state index in [9.17, 15) is 0 Å². The monoisotopic (exact) mass is 244 g/mol. The van der Waals surface area contributed by atoms with Crippen LogP contribution in [-0.4, -0.2) is 4.75 Å². The van der Waals surface area contributed by atoms with Gasteiger partial charge in [-0.2, -0.15) is 0 Å². The number of rotatable bonds is 1. The first-order chi connectivity index (χ1) is 5.49. The van der Waals surface area contributed by atoms with Gasteiger partial charge in [-0.25, -0.2) is 0 Å². The van der Waals surface area contributed by atoms with Gasteiger partial charge in [-0.15, -0.1) is 11.8 Å². The van der Waals surface area contributed by atoms with E-state index in [0.29, 0.717) is 0 Å². The highest BCUT2D eigenvalue weighted by molar-refractivity contribution is 9.10. The molecule has 0 aliphatic heterocycles. The molecule has 0 heterocycles. The highest BCUT2D eigenvalue weighted by Crippen LogP contribution is 2.35. The van der Waals surface area contributed by atoms with E-state index in [-0.39, 0.29) is 4.75 Å². The first-order valence-electron chi connectivity index (χ1n) is 3.92. The SMILES string of the molecule is CC(C)(C)Sc1ccccc1Br. The summed E-state index contributed by atoms with van der Waals surface area (Å²) >= 11 is 5.41. The lowest BCUT2D eigenvalue weighted by Crippen LogP contribution is -2.06. The van der Waals surface area contributed by atoms with Gasteiger partial charge in [0.15, 0.2) is 0 Å². The van der Waals surface area contributed by atoms with Crippen LogP contribution in [0.15, 0.2) is 33.6 Å². The van der Waals surface area contributed by atoms with Crippen LogP contribution in [0, 0.1) is 0 Å². The van der Waals surface area contributed by atoms with Crippen molar-refractivity contribution in [3.8, 4) is 0 Å². The van der Waals surface area contributed by atoms with Crippen molar-refractivity contribution in [2.45, 2.75) is 30.4 Å². The molecule has 0 spiro atoms. The zero-order valence-corrected chi connectivity index (χ0v) is 10.00. The Morgan fingerprint density at radius 2 is 1.75 bits per heavy atom. The van der Waals surface area contributed by atoms with E-state index >= 15 is 0 Å². The van der Waals surface area contributed by atoms with Gasteiger partial charge in [0.05, 0.1) is 0 Å². The number of thioether (sulfide) groups is 1. The normalized spacial score (nSPS) is 11.7. The molecule has 12 heavy (non-hydrogen) atoms. The van der Waals surface area contributed by atoms with Crippen LogP contribution in [0.4, 0.5) is 0 Å². The maximum Gasteiger partial charge on any atom is 0.0311 e. The summed E-state index contributed by atoms with van der Waals surface area (Å²) in [6, 6.07) is 8.32. The fraction of sp³-hybridized carbons (Fsp3) is 0.400. The van der Waals surface area contributed by atoms with E-state index < -0.39 is 0 Å². The smallest absolute Gasteiger partial charge is 0.0311 e. The Hall–Kier alpha value is 0.0500. The average molecular weight is 245 g/mol. The zero-order valence-electron chi connectivity index (χ0n) is 7.60. The van der Waals surface area contributed by atoms with Gasteiger partial charge in [0.1, 0.15) is 0 Å². The van der Waals surface area contributed by atoms with Gasteiger partial charge < -0.3 is 0 Å². The standard InChI is InChI=1S/C10H13BrS/c1-10(2,3)12-9-7-5-4-6-8(9)11/h4-7H,1-3H3. The molecule has 0 nitrogen and oxygen atoms in total. The largest absolute Gasteiger partial charge is 0.119 e. The van der Waals surface area contributed by atoms with Gasteiger partial charge in [-0.05, 0) is 28.1 Å². The molecule has 2 heteroatoms. The van der Waals surface area contributed by atoms with Crippen LogP contribution in [-0.2, 0) is 0 Å². The summed E-state index contributed by atoms with van der Waals surface area (Å²) in [5.74, 6) is 0. The van der Waals surface area contributed by atoms with Crippen LogP contribution in [0.2, 0.25) is 0 Å². The number of hydrogen-bond donors (Lipinski definition) is 0. The highest BCUT2D eigenvalue weighted by Gasteiger charge is 2.13. The topological polar surface area (TPSA) is 0 Å². The van der Waals surface area contributed by atoms with E-state index in [4.69, 9.17) is 0 Å². The highest BCUT2D eigenvalue weighted by atomic mass is 79.9. The van der Waals surface area contributed by atoms with Crippen LogP contribution < -0.4 is 0 Å². The predicted molar refractivity (Wildman–Crippen MR) is 59.8 cm³/mol. The fourth-order valence-corrected chi connectivity index (χ4v) is 2.36. The molecule has 1 rings (SSSR count). The van der Waals surface area contributed by atoms with Gasteiger partial charge in [0.25, 0.3) is 0 Å². The molecular weight excluding hydrogens is 232 g/mol. The summed E-state index contributed by atoms with van der Waals surface area (Å²) in [6.07, 6.45) is 0. The summed E-state index contributed by atoms with van der Waals surface area (Å²) in [5, 5.41) is 0. The Morgan fingerprint density at radius 1 is 1.17 bits per heavy atom. The maximum atomic E-state index is 3.53. The maximum absolute atomic E-state index is 3.53. The Balaban J connectivity index is 2.83. The minimum Gasteiger partial charge on any atom is -0.119 e. The van der Waals surface area contributed by atoms with E-state index in [1.807, 2.05) is 17.8 Å². The molecule has 1 aromatic rings. The van der Waals surface area contributed by atoms with Crippen molar-refractivity contribution in [1.29, 1.82) is 0 Å². The van der Waals surface area contributed by atoms with Crippen LogP contribution in [0.3, 0.4) is 0 Å². The van der Waals surface area contributed by atoms with Crippen LogP contribution in [0.5, 0.6) is 0 Å². The van der Waals surface area contributed by atoms with E-state index in [2.05, 4.69) is 54.9 Å². The predicted octanol–water partition coefficient (Wildman–Crippen LogP) is 4.34. The molecule has 0 unspecified atom stereocenters. The summed E-state index contributed by atoms with van der Waals surface area (Å²) in [4.78, 5) is 1.31. The minimum atomic E-state index is 0.282. The molecule has 0 radical (unpaired) electrons. The lowest BCUT2D eigenvalue weighted by molar-refractivity contribution is 0.802. The molecule has 0 atom stereocenters. The summed E-state index contributed by atoms with van der Waals surface area (Å²) in [7, 11) is 0. The first-order valence-corrected chi connectivity index (χ1v) is 5.53. The van der Waals surface area contributed by atoms with E-state index in [1.54, 1.807) is 0 Å². The molecule has 1 aromatic carbocycles. The van der Waals surface area contributed by atoms with Crippen molar-refractivity contribution in [3.63, 3.8) is 0 Å². The van der Waals surface area contributed by atoms with Gasteiger partial charge in [0.2, 0.25) is 0 Å². The molecule has 0 aliphatic rings. The molecule has 66 valence electrons. The number of halogens is 1. The third kappa shape index (κ3) is 3.20. The molecule has 0 bridgehead atoms. The second-order valence-electron chi connectivity index (χ2n) is 3.64. The van der Waals surface area contributed by atoms with Crippen LogP contribution in [0.25, 0.3) is 0 Å². The summed E-state index contributed by atoms with van der Waals surface area (Å²) in [6.45, 7) is 6.66. The minimum absolute atomic E-state index is 0.282. The molecule has 0 N–H and O–H groups in total. The zero-order chi connectivity index (χ0) is 9.19. The lowest BCUT2D eigenvalue weighted by atomic mass is 10.3. The van der Waals surface area contributed by atoms with Gasteiger partial charge in [-0.1, -0.05) is 32.9 Å². The van der Waals surface area contributed by atoms with Gasteiger partial charge >= 0.3 is 0 Å². The Kier molecular flexibility index (Phi) is 3.24. The van der Waals surface area contributed by atoms with Gasteiger partial charge in [0, 0.05) is 14.1 Å². The fourth-order valence-electron chi connectivity index (χ4n) is 0.857. The quantitative estimate of drug-likeness (QED) is 0.663. The van der Waals surface area contributed by atoms with Crippen molar-refractivity contribution in [2.75, 3.05) is 0 Å². The summed E-state index contributed by atoms with van der Waals surface area (Å²) in [5.41, 5.74) is 0. The second-order valence-corrected chi connectivity index (χ2v) is 6.37. The third-order valence-corrected chi connectivity index (χ3v) is 3.40. The van der Waals surface area contributed by atoms with Crippen molar-refractivity contribution < 1.29 is 0 Å². The van der Waals surface area contributed by atoms with Crippen molar-refractivity contribution in [3.05, 3.63) is 28.7 Å². The Bertz CT molecular complexity index is 263. The molecule has 0 amide bonds. The Labute approximate surface area is 86.9 Å². The molecule has 0 aromatic heterocycles. The van der Waals surface area contributed by atoms with Crippen molar-refractivity contribution >= 4 is 27.7 Å². The molecule has 0 aliphatic carbocycles. The van der Waals surface area contributed by atoms with Crippen molar-refractivity contribution in [1.82, 2.24) is 0 Å². The van der Waals surface area contributed by atoms with E-state index in [0.717, 1.165) is 0 Å². The summed E-state index contributed by atoms with van der Waals surface area (Å²) < 4.78 is 1.47.